The number of carbonyl (C=O) groups is 1. The van der Waals surface area contributed by atoms with Crippen molar-refractivity contribution in [1.29, 1.82) is 0 Å². The zero-order valence-electron chi connectivity index (χ0n) is 47.6. The highest BCUT2D eigenvalue weighted by molar-refractivity contribution is 7.80. The number of hydrogen-bond acceptors (Lipinski definition) is 27. The van der Waals surface area contributed by atoms with Crippen LogP contribution in [0.15, 0.2) is 11.6 Å². The molecular weight excluding hydrogens is 1110 g/mol. The highest BCUT2D eigenvalue weighted by atomic mass is 32.3. The Balaban J connectivity index is 0.852. The molecule has 28 heteroatoms. The first-order valence-electron chi connectivity index (χ1n) is 28.6. The molecule has 3 saturated carbocycles. The molecule has 0 unspecified atom stereocenters. The Bertz CT molecular complexity index is 2490. The van der Waals surface area contributed by atoms with E-state index in [9.17, 15) is 73.9 Å². The molecule has 0 radical (unpaired) electrons. The average Bonchev–Trinajstić information content (AvgIpc) is 1.46. The van der Waals surface area contributed by atoms with E-state index in [4.69, 9.17) is 52.1 Å². The fourth-order valence-corrected chi connectivity index (χ4v) is 17.4. The lowest BCUT2D eigenvalue weighted by atomic mass is 9.40. The number of hydrogen-bond donors (Lipinski definition) is 11. The molecule has 9 fully saturated rings. The number of aliphatic hydroxyl groups excluding tert-OH is 10. The van der Waals surface area contributed by atoms with Crippen molar-refractivity contribution < 1.29 is 130 Å². The molecule has 6 aliphatic heterocycles. The van der Waals surface area contributed by atoms with Crippen LogP contribution in [0.3, 0.4) is 0 Å². The number of esters is 1. The van der Waals surface area contributed by atoms with Crippen molar-refractivity contribution in [2.24, 2.45) is 33.5 Å². The zero-order chi connectivity index (χ0) is 60.0. The van der Waals surface area contributed by atoms with Crippen LogP contribution < -0.4 is 0 Å². The second kappa shape index (κ2) is 22.1. The standard InChI is InChI=1S/C54H86O27S/c1-22-39(76-45-38(64)41(33(59)26(20-56)74-45)77-44-37(63)40(70-9)32(58)25(19-55)73-44)35(61)36(62)43(72-22)78-42-34(60)27(81-82(67,68)69)21-71-46(42)75-30-13-15-50(6)24-18-29(57)54-47(65)80-52(8,31-12-14-48(2,3)79-31)53(54,66)17-16-51(54,7)23(24)10-11-28(50)49(30,4)5/h18,22-23,25-46,55-64,66H,10-17,19-21H2,1-9H3,(H,67,68,69)/p-1/t22-,23-,25-,26-,27-,28+,29+,30+,31+,32-,33-,34+,35-,36-,37-,38-,39-,40+,41+,42-,43+,44+,45+,46+,50-,51+,52+,53+,54-/m1/s1. The van der Waals surface area contributed by atoms with Gasteiger partial charge >= 0.3 is 5.97 Å². The van der Waals surface area contributed by atoms with E-state index in [1.807, 2.05) is 34.6 Å². The Kier molecular flexibility index (Phi) is 17.0. The van der Waals surface area contributed by atoms with E-state index in [1.54, 1.807) is 13.0 Å². The minimum absolute atomic E-state index is 0.139. The average molecular weight is 1200 g/mol. The number of methoxy groups -OCH3 is 1. The van der Waals surface area contributed by atoms with Crippen molar-refractivity contribution in [2.75, 3.05) is 26.9 Å². The maximum absolute atomic E-state index is 14.7. The summed E-state index contributed by atoms with van der Waals surface area (Å²) < 4.78 is 106. The molecule has 0 bridgehead atoms. The predicted molar refractivity (Wildman–Crippen MR) is 271 cm³/mol. The van der Waals surface area contributed by atoms with Crippen LogP contribution in [-0.2, 0) is 71.5 Å². The Morgan fingerprint density at radius 1 is 0.671 bits per heavy atom. The van der Waals surface area contributed by atoms with Crippen LogP contribution in [-0.4, -0.2) is 254 Å². The molecule has 27 nitrogen and oxygen atoms in total. The number of cyclic esters (lactones) is 1. The molecule has 1 spiro atoms. The molecule has 0 aromatic heterocycles. The summed E-state index contributed by atoms with van der Waals surface area (Å²) in [5.74, 6) is -0.989. The predicted octanol–water partition coefficient (Wildman–Crippen LogP) is -2.61. The molecule has 470 valence electrons. The minimum atomic E-state index is -5.44. The Morgan fingerprint density at radius 2 is 1.27 bits per heavy atom. The van der Waals surface area contributed by atoms with E-state index in [0.717, 1.165) is 5.57 Å². The van der Waals surface area contributed by atoms with Crippen LogP contribution in [0.1, 0.15) is 107 Å². The van der Waals surface area contributed by atoms with Crippen LogP contribution in [0.25, 0.3) is 0 Å². The molecule has 0 aromatic carbocycles. The first-order chi connectivity index (χ1) is 38.2. The van der Waals surface area contributed by atoms with E-state index >= 15 is 0 Å². The van der Waals surface area contributed by atoms with Gasteiger partial charge in [-0.3, -0.25) is 8.98 Å². The van der Waals surface area contributed by atoms with Crippen LogP contribution in [0.5, 0.6) is 0 Å². The Hall–Kier alpha value is -1.76. The van der Waals surface area contributed by atoms with Gasteiger partial charge in [0.15, 0.2) is 30.8 Å². The second-order valence-corrected chi connectivity index (χ2v) is 27.5. The second-order valence-electron chi connectivity index (χ2n) is 26.5. The third kappa shape index (κ3) is 9.71. The van der Waals surface area contributed by atoms with Gasteiger partial charge in [-0.15, -0.1) is 0 Å². The fraction of sp³-hybridized carbons (Fsp3) is 0.944. The summed E-state index contributed by atoms with van der Waals surface area (Å²) in [4.78, 5) is 14.7. The van der Waals surface area contributed by atoms with Gasteiger partial charge in [-0.1, -0.05) is 39.3 Å². The zero-order valence-corrected chi connectivity index (χ0v) is 48.4. The highest BCUT2D eigenvalue weighted by Crippen LogP contribution is 2.77. The summed E-state index contributed by atoms with van der Waals surface area (Å²) in [6, 6.07) is 0. The van der Waals surface area contributed by atoms with Gasteiger partial charge in [0, 0.05) is 7.11 Å². The summed E-state index contributed by atoms with van der Waals surface area (Å²) in [6.45, 7) is 13.0. The quantitative estimate of drug-likeness (QED) is 0.0279. The van der Waals surface area contributed by atoms with E-state index < -0.39 is 210 Å². The fourth-order valence-electron chi connectivity index (χ4n) is 17.0. The molecule has 10 rings (SSSR count). The molecule has 11 N–H and O–H groups in total. The van der Waals surface area contributed by atoms with Gasteiger partial charge in [-0.2, -0.15) is 0 Å². The van der Waals surface area contributed by atoms with Crippen molar-refractivity contribution in [3.63, 3.8) is 0 Å². The van der Waals surface area contributed by atoms with E-state index in [0.29, 0.717) is 44.9 Å². The van der Waals surface area contributed by atoms with Gasteiger partial charge in [-0.25, -0.2) is 8.42 Å². The highest BCUT2D eigenvalue weighted by Gasteiger charge is 2.87. The van der Waals surface area contributed by atoms with E-state index in [-0.39, 0.29) is 18.3 Å². The first-order valence-corrected chi connectivity index (χ1v) is 29.9. The van der Waals surface area contributed by atoms with Crippen LogP contribution in [0.4, 0.5) is 0 Å². The smallest absolute Gasteiger partial charge is 0.319 e. The number of rotatable bonds is 14. The lowest BCUT2D eigenvalue weighted by Crippen LogP contribution is -2.69. The van der Waals surface area contributed by atoms with Crippen molar-refractivity contribution in [3.05, 3.63) is 11.6 Å². The molecule has 10 aliphatic rings. The van der Waals surface area contributed by atoms with Gasteiger partial charge in [0.2, 0.25) is 10.4 Å². The summed E-state index contributed by atoms with van der Waals surface area (Å²) in [7, 11) is -4.27. The Labute approximate surface area is 475 Å². The summed E-state index contributed by atoms with van der Waals surface area (Å²) in [5.41, 5.74) is -6.53. The SMILES string of the molecule is CO[C@@H]1[C@@H](O)[C@H](O[C@@H]2[C@@H](O)[C@H](O[C@H]3[C@H](O)[C@@H](O)[C@H](O[C@H]4[C@H](O[C@H]5CC[C@]6(C)C7=C[C@H](O)[C@]89C(=O)O[C@@](C)([C@@H]%10CCC(C)(C)O%10)[C@@]8(O)CC[C@@]9(C)[C@@H]7CC[C@H]6C5(C)C)OC[C@@H](OS(=O)(=O)[O-])[C@@H]4O)O[C@@H]3C)O[C@H](CO)[C@H]2O)O[C@H](CO)[C@H]1O. The van der Waals surface area contributed by atoms with E-state index in [2.05, 4.69) is 11.1 Å². The number of carbonyl (C=O) groups excluding carboxylic acids is 1. The number of ether oxygens (including phenoxy) is 11. The normalized spacial score (nSPS) is 53.6. The largest absolute Gasteiger partial charge is 0.726 e. The third-order valence-corrected chi connectivity index (χ3v) is 21.8. The molecule has 0 aromatic rings. The maximum atomic E-state index is 14.7. The minimum Gasteiger partial charge on any atom is -0.726 e. The monoisotopic (exact) mass is 1200 g/mol. The third-order valence-electron chi connectivity index (χ3n) is 21.4. The van der Waals surface area contributed by atoms with Crippen LogP contribution in [0.2, 0.25) is 0 Å². The lowest BCUT2D eigenvalue weighted by molar-refractivity contribution is -0.389. The van der Waals surface area contributed by atoms with Gasteiger partial charge in [0.25, 0.3) is 0 Å². The van der Waals surface area contributed by atoms with E-state index in [1.165, 1.54) is 14.0 Å². The maximum Gasteiger partial charge on any atom is 0.319 e. The molecule has 6 heterocycles. The van der Waals surface area contributed by atoms with Crippen molar-refractivity contribution in [1.82, 2.24) is 0 Å². The molecular formula is C54H85O27S-. The summed E-state index contributed by atoms with van der Waals surface area (Å²) in [5, 5.41) is 125. The van der Waals surface area contributed by atoms with Crippen molar-refractivity contribution in [2.45, 2.75) is 259 Å². The summed E-state index contributed by atoms with van der Waals surface area (Å²) >= 11 is 0. The Morgan fingerprint density at radius 3 is 1.87 bits per heavy atom. The van der Waals surface area contributed by atoms with Crippen LogP contribution in [0, 0.1) is 33.5 Å². The number of allylic oxidation sites excluding steroid dienone is 1. The van der Waals surface area contributed by atoms with Gasteiger partial charge in [0.05, 0.1) is 43.7 Å². The molecule has 6 saturated heterocycles. The van der Waals surface area contributed by atoms with Gasteiger partial charge < -0.3 is 113 Å². The lowest BCUT2D eigenvalue weighted by Gasteiger charge is -2.64. The number of fused-ring (bicyclic) bond motifs is 4. The number of aliphatic hydroxyl groups is 11. The van der Waals surface area contributed by atoms with Crippen molar-refractivity contribution >= 4 is 16.4 Å². The topological polar surface area (TPSA) is 408 Å². The van der Waals surface area contributed by atoms with Crippen LogP contribution >= 0.6 is 0 Å². The van der Waals surface area contributed by atoms with Gasteiger partial charge in [0.1, 0.15) is 103 Å². The molecule has 0 amide bonds. The molecule has 29 atom stereocenters. The van der Waals surface area contributed by atoms with Gasteiger partial charge in [-0.05, 0) is 107 Å². The molecule has 82 heavy (non-hydrogen) atoms. The summed E-state index contributed by atoms with van der Waals surface area (Å²) in [6.07, 6.45) is -29.4. The van der Waals surface area contributed by atoms with Crippen molar-refractivity contribution in [3.8, 4) is 0 Å². The molecule has 4 aliphatic carbocycles. The first kappa shape index (κ1) is 63.3.